The predicted octanol–water partition coefficient (Wildman–Crippen LogP) is 4.32. The van der Waals surface area contributed by atoms with Crippen LogP contribution in [0.15, 0.2) is 60.7 Å². The lowest BCUT2D eigenvalue weighted by atomic mass is 10.1. The van der Waals surface area contributed by atoms with E-state index in [2.05, 4.69) is 19.8 Å². The Morgan fingerprint density at radius 3 is 2.64 bits per heavy atom. The summed E-state index contributed by atoms with van der Waals surface area (Å²) in [5, 5.41) is 7.80. The van der Waals surface area contributed by atoms with E-state index in [-0.39, 0.29) is 5.91 Å². The van der Waals surface area contributed by atoms with Crippen molar-refractivity contribution in [1.82, 2.24) is 19.1 Å². The van der Waals surface area contributed by atoms with E-state index in [1.54, 1.807) is 6.07 Å². The fourth-order valence-corrected chi connectivity index (χ4v) is 3.55. The molecule has 1 amide bonds. The normalized spacial score (nSPS) is 10.8. The lowest BCUT2D eigenvalue weighted by Gasteiger charge is -2.07. The van der Waals surface area contributed by atoms with E-state index in [0.717, 1.165) is 22.5 Å². The number of benzene rings is 2. The first kappa shape index (κ1) is 18.1. The first-order valence-electron chi connectivity index (χ1n) is 8.89. The number of carbonyl (C=O) groups is 1. The van der Waals surface area contributed by atoms with Gasteiger partial charge in [-0.2, -0.15) is 14.5 Å². The van der Waals surface area contributed by atoms with E-state index in [1.807, 2.05) is 73.1 Å². The van der Waals surface area contributed by atoms with Crippen molar-refractivity contribution in [2.24, 2.45) is 0 Å². The molecule has 0 atom stereocenters. The summed E-state index contributed by atoms with van der Waals surface area (Å²) in [6.45, 7) is 4.62. The number of anilines is 1. The number of aryl methyl sites for hydroxylation is 2. The van der Waals surface area contributed by atoms with Gasteiger partial charge in [0.15, 0.2) is 5.82 Å². The molecular formula is C21H19N5OS. The molecule has 140 valence electrons. The van der Waals surface area contributed by atoms with Crippen LogP contribution in [-0.2, 0) is 6.54 Å². The maximum Gasteiger partial charge on any atom is 0.257 e. The van der Waals surface area contributed by atoms with Gasteiger partial charge in [-0.05, 0) is 37.6 Å². The summed E-state index contributed by atoms with van der Waals surface area (Å²) in [5.74, 6) is 0.408. The number of hydrogen-bond donors (Lipinski definition) is 1. The van der Waals surface area contributed by atoms with Gasteiger partial charge in [-0.25, -0.2) is 0 Å². The Labute approximate surface area is 167 Å². The largest absolute Gasteiger partial charge is 0.297 e. The average Bonchev–Trinajstić information content (AvgIpc) is 3.29. The van der Waals surface area contributed by atoms with Crippen molar-refractivity contribution in [1.29, 1.82) is 0 Å². The summed E-state index contributed by atoms with van der Waals surface area (Å²) in [6.07, 6.45) is 0. The van der Waals surface area contributed by atoms with E-state index in [4.69, 9.17) is 0 Å². The minimum atomic E-state index is -0.203. The molecule has 0 aliphatic carbocycles. The zero-order chi connectivity index (χ0) is 19.5. The third-order valence-electron chi connectivity index (χ3n) is 4.30. The molecule has 4 aromatic rings. The van der Waals surface area contributed by atoms with Crippen molar-refractivity contribution >= 4 is 22.6 Å². The summed E-state index contributed by atoms with van der Waals surface area (Å²) in [5.41, 5.74) is 4.59. The predicted molar refractivity (Wildman–Crippen MR) is 111 cm³/mol. The van der Waals surface area contributed by atoms with Gasteiger partial charge in [0.2, 0.25) is 5.13 Å². The van der Waals surface area contributed by atoms with Crippen LogP contribution in [0.25, 0.3) is 11.4 Å². The van der Waals surface area contributed by atoms with Gasteiger partial charge in [-0.1, -0.05) is 42.5 Å². The van der Waals surface area contributed by atoms with Crippen molar-refractivity contribution in [3.8, 4) is 11.4 Å². The van der Waals surface area contributed by atoms with E-state index in [1.165, 1.54) is 11.5 Å². The van der Waals surface area contributed by atoms with Crippen LogP contribution in [-0.4, -0.2) is 25.0 Å². The molecule has 6 nitrogen and oxygen atoms in total. The van der Waals surface area contributed by atoms with Crippen LogP contribution in [0.5, 0.6) is 0 Å². The molecule has 0 saturated heterocycles. The van der Waals surface area contributed by atoms with Gasteiger partial charge in [-0.15, -0.1) is 0 Å². The monoisotopic (exact) mass is 389 g/mol. The Morgan fingerprint density at radius 1 is 1.07 bits per heavy atom. The molecule has 4 rings (SSSR count). The Balaban J connectivity index is 1.48. The minimum absolute atomic E-state index is 0.203. The highest BCUT2D eigenvalue weighted by atomic mass is 32.1. The van der Waals surface area contributed by atoms with Gasteiger partial charge >= 0.3 is 0 Å². The average molecular weight is 389 g/mol. The lowest BCUT2D eigenvalue weighted by molar-refractivity contribution is 0.102. The fourth-order valence-electron chi connectivity index (χ4n) is 2.97. The second-order valence-corrected chi connectivity index (χ2v) is 7.28. The quantitative estimate of drug-likeness (QED) is 0.552. The van der Waals surface area contributed by atoms with E-state index in [0.29, 0.717) is 23.1 Å². The summed E-state index contributed by atoms with van der Waals surface area (Å²) < 4.78 is 6.26. The van der Waals surface area contributed by atoms with E-state index in [9.17, 15) is 4.79 Å². The highest BCUT2D eigenvalue weighted by molar-refractivity contribution is 7.10. The molecule has 0 spiro atoms. The van der Waals surface area contributed by atoms with Gasteiger partial charge < -0.3 is 0 Å². The molecule has 2 heterocycles. The van der Waals surface area contributed by atoms with Gasteiger partial charge in [-0.3, -0.25) is 14.8 Å². The summed E-state index contributed by atoms with van der Waals surface area (Å²) in [6, 6.07) is 19.3. The Kier molecular flexibility index (Phi) is 4.99. The first-order chi connectivity index (χ1) is 13.6. The number of nitrogens with zero attached hydrogens (tertiary/aromatic N) is 4. The molecule has 2 aromatic heterocycles. The molecule has 28 heavy (non-hydrogen) atoms. The highest BCUT2D eigenvalue weighted by Crippen LogP contribution is 2.21. The molecule has 0 unspecified atom stereocenters. The van der Waals surface area contributed by atoms with Crippen molar-refractivity contribution < 1.29 is 4.79 Å². The van der Waals surface area contributed by atoms with Crippen molar-refractivity contribution in [3.63, 3.8) is 0 Å². The maximum atomic E-state index is 12.6. The molecule has 0 aliphatic rings. The van der Waals surface area contributed by atoms with Crippen LogP contribution in [0, 0.1) is 13.8 Å². The standard InChI is InChI=1S/C21H19N5OS/c1-14-11-15(2)26(24-14)13-16-7-6-10-18(12-16)20(27)23-21-22-19(25-28-21)17-8-4-3-5-9-17/h3-12H,13H2,1-2H3,(H,22,23,25,27). The second-order valence-electron chi connectivity index (χ2n) is 6.53. The Morgan fingerprint density at radius 2 is 1.89 bits per heavy atom. The maximum absolute atomic E-state index is 12.6. The van der Waals surface area contributed by atoms with Crippen molar-refractivity contribution in [2.75, 3.05) is 5.32 Å². The SMILES string of the molecule is Cc1cc(C)n(Cc2cccc(C(=O)Nc3nc(-c4ccccc4)ns3)c2)n1. The molecule has 0 bridgehead atoms. The number of amides is 1. The number of aromatic nitrogens is 4. The highest BCUT2D eigenvalue weighted by Gasteiger charge is 2.12. The number of rotatable bonds is 5. The summed E-state index contributed by atoms with van der Waals surface area (Å²) in [7, 11) is 0. The lowest BCUT2D eigenvalue weighted by Crippen LogP contribution is -2.12. The molecule has 0 saturated carbocycles. The van der Waals surface area contributed by atoms with Gasteiger partial charge in [0, 0.05) is 28.4 Å². The molecule has 0 fully saturated rings. The van der Waals surface area contributed by atoms with Crippen molar-refractivity contribution in [2.45, 2.75) is 20.4 Å². The smallest absolute Gasteiger partial charge is 0.257 e. The molecule has 0 radical (unpaired) electrons. The molecular weight excluding hydrogens is 370 g/mol. The zero-order valence-corrected chi connectivity index (χ0v) is 16.4. The molecule has 7 heteroatoms. The van der Waals surface area contributed by atoms with Crippen LogP contribution in [0.4, 0.5) is 5.13 Å². The third kappa shape index (κ3) is 3.99. The van der Waals surface area contributed by atoms with E-state index < -0.39 is 0 Å². The van der Waals surface area contributed by atoms with Gasteiger partial charge in [0.1, 0.15) is 0 Å². The van der Waals surface area contributed by atoms with Crippen LogP contribution < -0.4 is 5.32 Å². The number of carbonyl (C=O) groups excluding carboxylic acids is 1. The topological polar surface area (TPSA) is 72.7 Å². The number of hydrogen-bond acceptors (Lipinski definition) is 5. The summed E-state index contributed by atoms with van der Waals surface area (Å²) in [4.78, 5) is 17.1. The molecule has 0 aliphatic heterocycles. The van der Waals surface area contributed by atoms with Crippen LogP contribution >= 0.6 is 11.5 Å². The molecule has 1 N–H and O–H groups in total. The third-order valence-corrected chi connectivity index (χ3v) is 4.93. The summed E-state index contributed by atoms with van der Waals surface area (Å²) >= 11 is 1.17. The van der Waals surface area contributed by atoms with Crippen LogP contribution in [0.2, 0.25) is 0 Å². The second kappa shape index (κ2) is 7.74. The van der Waals surface area contributed by atoms with Crippen molar-refractivity contribution in [3.05, 3.63) is 83.2 Å². The van der Waals surface area contributed by atoms with E-state index >= 15 is 0 Å². The number of nitrogens with one attached hydrogen (secondary N) is 1. The first-order valence-corrected chi connectivity index (χ1v) is 9.66. The van der Waals surface area contributed by atoms with Crippen LogP contribution in [0.1, 0.15) is 27.3 Å². The Hall–Kier alpha value is -3.32. The van der Waals surface area contributed by atoms with Gasteiger partial charge in [0.25, 0.3) is 5.91 Å². The Bertz CT molecular complexity index is 1120. The van der Waals surface area contributed by atoms with Gasteiger partial charge in [0.05, 0.1) is 12.2 Å². The zero-order valence-electron chi connectivity index (χ0n) is 15.6. The molecule has 2 aromatic carbocycles. The van der Waals surface area contributed by atoms with Crippen LogP contribution in [0.3, 0.4) is 0 Å². The fraction of sp³-hybridized carbons (Fsp3) is 0.143. The minimum Gasteiger partial charge on any atom is -0.297 e.